The number of sulfonamides is 2. The van der Waals surface area contributed by atoms with Crippen LogP contribution in [0, 0.1) is 0 Å². The Balaban J connectivity index is 1.40. The van der Waals surface area contributed by atoms with Gasteiger partial charge in [-0.05, 0) is 63.1 Å². The second-order valence-corrected chi connectivity index (χ2v) is 13.6. The number of Topliss-reactive ketones (excluding diaryl/α,β-unsaturated/α-hetero) is 1. The number of rotatable bonds is 8. The zero-order valence-corrected chi connectivity index (χ0v) is 22.9. The molecule has 0 spiro atoms. The summed E-state index contributed by atoms with van der Waals surface area (Å²) in [5.41, 5.74) is 0.881. The summed E-state index contributed by atoms with van der Waals surface area (Å²) in [6, 6.07) is 12.4. The van der Waals surface area contributed by atoms with E-state index >= 15 is 0 Å². The topological polar surface area (TPSA) is 113 Å². The molecule has 0 aromatic heterocycles. The summed E-state index contributed by atoms with van der Waals surface area (Å²) in [6.07, 6.45) is 3.41. The lowest BCUT2D eigenvalue weighted by molar-refractivity contribution is -0.0440. The van der Waals surface area contributed by atoms with Gasteiger partial charge >= 0.3 is 0 Å². The van der Waals surface area contributed by atoms with Gasteiger partial charge in [0.05, 0.1) is 28.5 Å². The molecule has 2 aromatic rings. The van der Waals surface area contributed by atoms with E-state index in [1.54, 1.807) is 40.7 Å². The number of nitrogens with one attached hydrogen (secondary N) is 1. The van der Waals surface area contributed by atoms with Gasteiger partial charge in [0, 0.05) is 37.4 Å². The molecule has 2 unspecified atom stereocenters. The molecule has 2 fully saturated rings. The van der Waals surface area contributed by atoms with Gasteiger partial charge in [-0.25, -0.2) is 16.8 Å². The highest BCUT2D eigenvalue weighted by atomic mass is 32.2. The van der Waals surface area contributed by atoms with Crippen molar-refractivity contribution in [2.75, 3.05) is 38.0 Å². The number of morpholine rings is 1. The molecule has 0 amide bonds. The maximum Gasteiger partial charge on any atom is 0.243 e. The Kier molecular flexibility index (Phi) is 8.70. The lowest BCUT2D eigenvalue weighted by atomic mass is 10.1. The fourth-order valence-corrected chi connectivity index (χ4v) is 7.92. The standard InChI is InChI=1S/C26H35N3O6S2/c1-20-18-29(19-21(2)35-20)37(33,34)25-9-7-8-22(16-25)26(30)17-27-23-10-12-24(13-11-23)36(31,32)28-14-5-3-4-6-15-28/h7-13,16,20-21,27H,3-6,14-15,17-19H2,1-2H3. The maximum atomic E-state index is 13.2. The predicted octanol–water partition coefficient (Wildman–Crippen LogP) is 3.34. The average molecular weight is 550 g/mol. The molecule has 2 saturated heterocycles. The molecule has 0 radical (unpaired) electrons. The van der Waals surface area contributed by atoms with Crippen molar-refractivity contribution in [1.29, 1.82) is 0 Å². The summed E-state index contributed by atoms with van der Waals surface area (Å²) in [7, 11) is -7.30. The van der Waals surface area contributed by atoms with E-state index in [1.165, 1.54) is 16.4 Å². The van der Waals surface area contributed by atoms with Crippen LogP contribution in [-0.4, -0.2) is 76.2 Å². The van der Waals surface area contributed by atoms with Crippen LogP contribution in [0.2, 0.25) is 0 Å². The van der Waals surface area contributed by atoms with E-state index in [0.717, 1.165) is 25.7 Å². The monoisotopic (exact) mass is 549 g/mol. The van der Waals surface area contributed by atoms with Crippen LogP contribution in [0.5, 0.6) is 0 Å². The first-order valence-electron chi connectivity index (χ1n) is 12.7. The van der Waals surface area contributed by atoms with Crippen LogP contribution in [0.4, 0.5) is 5.69 Å². The van der Waals surface area contributed by atoms with Gasteiger partial charge in [0.1, 0.15) is 0 Å². The van der Waals surface area contributed by atoms with E-state index in [2.05, 4.69) is 5.32 Å². The Labute approximate surface area is 219 Å². The molecule has 0 bridgehead atoms. The summed E-state index contributed by atoms with van der Waals surface area (Å²) >= 11 is 0. The lowest BCUT2D eigenvalue weighted by Gasteiger charge is -2.34. The van der Waals surface area contributed by atoms with Crippen LogP contribution < -0.4 is 5.32 Å². The second kappa shape index (κ2) is 11.6. The molecular formula is C26H35N3O6S2. The van der Waals surface area contributed by atoms with Gasteiger partial charge in [-0.1, -0.05) is 25.0 Å². The van der Waals surface area contributed by atoms with Crippen LogP contribution in [0.25, 0.3) is 0 Å². The number of ketones is 1. The van der Waals surface area contributed by atoms with Crippen LogP contribution >= 0.6 is 0 Å². The molecule has 2 aliphatic heterocycles. The van der Waals surface area contributed by atoms with Crippen LogP contribution in [0.15, 0.2) is 58.3 Å². The summed E-state index contributed by atoms with van der Waals surface area (Å²) < 4.78 is 60.8. The van der Waals surface area contributed by atoms with Gasteiger partial charge in [0.2, 0.25) is 20.0 Å². The number of hydrogen-bond acceptors (Lipinski definition) is 7. The zero-order valence-electron chi connectivity index (χ0n) is 21.3. The Morgan fingerprint density at radius 2 is 1.43 bits per heavy atom. The van der Waals surface area contributed by atoms with Crippen LogP contribution in [-0.2, 0) is 24.8 Å². The van der Waals surface area contributed by atoms with Crippen molar-refractivity contribution < 1.29 is 26.4 Å². The third-order valence-electron chi connectivity index (χ3n) is 6.69. The Hall–Kier alpha value is -2.31. The molecule has 2 aromatic carbocycles. The minimum atomic E-state index is -3.76. The van der Waals surface area contributed by atoms with Crippen molar-refractivity contribution in [2.24, 2.45) is 0 Å². The largest absolute Gasteiger partial charge is 0.378 e. The van der Waals surface area contributed by atoms with Gasteiger partial charge in [-0.15, -0.1) is 0 Å². The molecule has 37 heavy (non-hydrogen) atoms. The Morgan fingerprint density at radius 3 is 2.05 bits per heavy atom. The first kappa shape index (κ1) is 27.7. The molecule has 2 aliphatic rings. The van der Waals surface area contributed by atoms with Crippen molar-refractivity contribution in [3.8, 4) is 0 Å². The van der Waals surface area contributed by atoms with Gasteiger partial charge in [0.15, 0.2) is 5.78 Å². The fraction of sp³-hybridized carbons (Fsp3) is 0.500. The van der Waals surface area contributed by atoms with Crippen LogP contribution in [0.1, 0.15) is 49.9 Å². The molecule has 0 aliphatic carbocycles. The number of carbonyl (C=O) groups is 1. The van der Waals surface area contributed by atoms with E-state index in [0.29, 0.717) is 18.8 Å². The van der Waals surface area contributed by atoms with E-state index in [4.69, 9.17) is 4.74 Å². The van der Waals surface area contributed by atoms with E-state index in [9.17, 15) is 21.6 Å². The summed E-state index contributed by atoms with van der Waals surface area (Å²) in [6.45, 7) is 5.20. The highest BCUT2D eigenvalue weighted by Gasteiger charge is 2.32. The second-order valence-electron chi connectivity index (χ2n) is 9.73. The molecule has 0 saturated carbocycles. The third kappa shape index (κ3) is 6.58. The molecule has 2 atom stereocenters. The van der Waals surface area contributed by atoms with Crippen molar-refractivity contribution >= 4 is 31.5 Å². The average Bonchev–Trinajstić information content (AvgIpc) is 3.17. The Bertz CT molecular complexity index is 1290. The number of nitrogens with zero attached hydrogens (tertiary/aromatic N) is 2. The Morgan fingerprint density at radius 1 is 0.838 bits per heavy atom. The van der Waals surface area contributed by atoms with E-state index in [1.807, 2.05) is 13.8 Å². The summed E-state index contributed by atoms with van der Waals surface area (Å²) in [5, 5.41) is 3.01. The first-order valence-corrected chi connectivity index (χ1v) is 15.6. The van der Waals surface area contributed by atoms with E-state index in [-0.39, 0.29) is 53.0 Å². The SMILES string of the molecule is CC1CN(S(=O)(=O)c2cccc(C(=O)CNc3ccc(S(=O)(=O)N4CCCCCC4)cc3)c2)CC(C)O1. The molecule has 202 valence electrons. The van der Waals surface area contributed by atoms with Crippen molar-refractivity contribution in [3.05, 3.63) is 54.1 Å². The zero-order chi connectivity index (χ0) is 26.6. The number of benzene rings is 2. The number of carbonyl (C=O) groups excluding carboxylic acids is 1. The highest BCUT2D eigenvalue weighted by Crippen LogP contribution is 2.24. The number of hydrogen-bond donors (Lipinski definition) is 1. The smallest absolute Gasteiger partial charge is 0.243 e. The third-order valence-corrected chi connectivity index (χ3v) is 10.4. The quantitative estimate of drug-likeness (QED) is 0.503. The minimum Gasteiger partial charge on any atom is -0.378 e. The summed E-state index contributed by atoms with van der Waals surface area (Å²) in [5.74, 6) is -0.276. The molecule has 9 nitrogen and oxygen atoms in total. The van der Waals surface area contributed by atoms with E-state index < -0.39 is 20.0 Å². The fourth-order valence-electron chi connectivity index (χ4n) is 4.77. The van der Waals surface area contributed by atoms with Crippen molar-refractivity contribution in [3.63, 3.8) is 0 Å². The lowest BCUT2D eigenvalue weighted by Crippen LogP contribution is -2.48. The number of ether oxygens (including phenoxy) is 1. The highest BCUT2D eigenvalue weighted by molar-refractivity contribution is 7.89. The number of anilines is 1. The molecule has 1 N–H and O–H groups in total. The van der Waals surface area contributed by atoms with Gasteiger partial charge in [-0.3, -0.25) is 4.79 Å². The van der Waals surface area contributed by atoms with Gasteiger partial charge in [0.25, 0.3) is 0 Å². The molecule has 2 heterocycles. The molecule has 11 heteroatoms. The minimum absolute atomic E-state index is 0.0622. The molecular weight excluding hydrogens is 514 g/mol. The van der Waals surface area contributed by atoms with Crippen molar-refractivity contribution in [2.45, 2.75) is 61.5 Å². The van der Waals surface area contributed by atoms with Crippen LogP contribution in [0.3, 0.4) is 0 Å². The van der Waals surface area contributed by atoms with Gasteiger partial charge < -0.3 is 10.1 Å². The molecule has 4 rings (SSSR count). The summed E-state index contributed by atoms with van der Waals surface area (Å²) in [4.78, 5) is 13.2. The predicted molar refractivity (Wildman–Crippen MR) is 142 cm³/mol. The maximum absolute atomic E-state index is 13.2. The normalized spacial score (nSPS) is 22.3. The van der Waals surface area contributed by atoms with Crippen molar-refractivity contribution in [1.82, 2.24) is 8.61 Å². The first-order chi connectivity index (χ1) is 17.6. The van der Waals surface area contributed by atoms with Gasteiger partial charge in [-0.2, -0.15) is 8.61 Å².